The molecular weight excluding hydrogens is 549 g/mol. The van der Waals surface area contributed by atoms with Gasteiger partial charge in [-0.15, -0.1) is 26.6 Å². The highest BCUT2D eigenvalue weighted by Gasteiger charge is 2.37. The first-order valence-corrected chi connectivity index (χ1v) is 14.1. The molecule has 0 saturated heterocycles. The van der Waals surface area contributed by atoms with Gasteiger partial charge in [0, 0.05) is 36.5 Å². The van der Waals surface area contributed by atoms with Gasteiger partial charge in [0.15, 0.2) is 0 Å². The second-order valence-corrected chi connectivity index (χ2v) is 11.7. The van der Waals surface area contributed by atoms with Crippen molar-refractivity contribution in [3.63, 3.8) is 0 Å². The van der Waals surface area contributed by atoms with E-state index in [-0.39, 0.29) is 42.5 Å². The van der Waals surface area contributed by atoms with E-state index in [9.17, 15) is 22.8 Å². The van der Waals surface area contributed by atoms with Crippen molar-refractivity contribution in [3.05, 3.63) is 28.4 Å². The van der Waals surface area contributed by atoms with Crippen molar-refractivity contribution >= 4 is 39.9 Å². The Hall–Kier alpha value is -3.62. The Labute approximate surface area is 231 Å². The smallest absolute Gasteiger partial charge is 0.388 e. The van der Waals surface area contributed by atoms with Crippen LogP contribution in [0, 0.1) is 11.8 Å². The predicted molar refractivity (Wildman–Crippen MR) is 140 cm³/mol. The van der Waals surface area contributed by atoms with Crippen molar-refractivity contribution in [1.29, 1.82) is 0 Å². The van der Waals surface area contributed by atoms with Crippen molar-refractivity contribution in [3.8, 4) is 5.88 Å². The Morgan fingerprint density at radius 1 is 1.25 bits per heavy atom. The standard InChI is InChI=1S/C25H29F3N8O3S/c1-35-18(9-19(34-35)39-24(27)28)31-25-33-30-11-36(25)15-4-5-17-16(8-15)20(22(38)29-10-12-2-3-12)23(40-17)32-21(37)13-6-14(26)7-13/h9,11-15,24H,2-8,10H2,1H3,(H,29,38)(H,31,33)(H,32,37). The third-order valence-corrected chi connectivity index (χ3v) is 8.88. The van der Waals surface area contributed by atoms with Gasteiger partial charge in [0.1, 0.15) is 23.3 Å². The molecule has 3 heterocycles. The van der Waals surface area contributed by atoms with E-state index in [1.807, 2.05) is 4.57 Å². The normalized spacial score (nSPS) is 22.0. The minimum Gasteiger partial charge on any atom is -0.415 e. The van der Waals surface area contributed by atoms with E-state index in [0.29, 0.717) is 47.6 Å². The van der Waals surface area contributed by atoms with E-state index < -0.39 is 12.8 Å². The van der Waals surface area contributed by atoms with Gasteiger partial charge in [-0.1, -0.05) is 0 Å². The summed E-state index contributed by atoms with van der Waals surface area (Å²) in [4.78, 5) is 27.2. The van der Waals surface area contributed by atoms with Crippen molar-refractivity contribution in [1.82, 2.24) is 29.9 Å². The van der Waals surface area contributed by atoms with E-state index in [0.717, 1.165) is 29.7 Å². The van der Waals surface area contributed by atoms with Gasteiger partial charge in [-0.2, -0.15) is 8.78 Å². The first-order valence-electron chi connectivity index (χ1n) is 13.3. The van der Waals surface area contributed by atoms with E-state index in [1.165, 1.54) is 22.1 Å². The number of ether oxygens (including phenoxy) is 1. The molecule has 2 fully saturated rings. The van der Waals surface area contributed by atoms with Gasteiger partial charge in [-0.05, 0) is 56.4 Å². The molecule has 2 saturated carbocycles. The molecule has 15 heteroatoms. The highest BCUT2D eigenvalue weighted by molar-refractivity contribution is 7.17. The first kappa shape index (κ1) is 26.6. The molecule has 0 aromatic carbocycles. The topological polar surface area (TPSA) is 128 Å². The molecule has 40 heavy (non-hydrogen) atoms. The van der Waals surface area contributed by atoms with Crippen molar-refractivity contribution in [2.75, 3.05) is 17.2 Å². The predicted octanol–water partition coefficient (Wildman–Crippen LogP) is 3.97. The van der Waals surface area contributed by atoms with Crippen molar-refractivity contribution in [2.24, 2.45) is 18.9 Å². The lowest BCUT2D eigenvalue weighted by atomic mass is 9.83. The fourth-order valence-electron chi connectivity index (χ4n) is 5.18. The van der Waals surface area contributed by atoms with Gasteiger partial charge >= 0.3 is 6.61 Å². The zero-order chi connectivity index (χ0) is 28.0. The Bertz CT molecular complexity index is 1410. The van der Waals surface area contributed by atoms with E-state index >= 15 is 0 Å². The molecule has 0 aliphatic heterocycles. The van der Waals surface area contributed by atoms with Crippen LogP contribution in [-0.4, -0.2) is 55.7 Å². The molecule has 214 valence electrons. The summed E-state index contributed by atoms with van der Waals surface area (Å²) in [5.41, 5.74) is 1.34. The minimum absolute atomic E-state index is 0.109. The lowest BCUT2D eigenvalue weighted by Gasteiger charge is -2.28. The van der Waals surface area contributed by atoms with Crippen LogP contribution in [0.3, 0.4) is 0 Å². The van der Waals surface area contributed by atoms with Crippen LogP contribution in [-0.2, 0) is 24.7 Å². The van der Waals surface area contributed by atoms with Crippen molar-refractivity contribution < 1.29 is 27.5 Å². The fourth-order valence-corrected chi connectivity index (χ4v) is 6.42. The maximum absolute atomic E-state index is 13.4. The van der Waals surface area contributed by atoms with Gasteiger partial charge < -0.3 is 20.7 Å². The minimum atomic E-state index is -2.99. The van der Waals surface area contributed by atoms with Crippen LogP contribution in [0.2, 0.25) is 0 Å². The lowest BCUT2D eigenvalue weighted by Crippen LogP contribution is -2.36. The molecule has 3 aromatic rings. The number of carbonyl (C=O) groups excluding carboxylic acids is 2. The Kier molecular flexibility index (Phi) is 7.15. The Morgan fingerprint density at radius 2 is 2.05 bits per heavy atom. The summed E-state index contributed by atoms with van der Waals surface area (Å²) in [5.74, 6) is 0.172. The summed E-state index contributed by atoms with van der Waals surface area (Å²) < 4.78 is 46.2. The number of carbonyl (C=O) groups is 2. The Balaban J connectivity index is 1.23. The first-order chi connectivity index (χ1) is 19.2. The molecule has 6 rings (SSSR count). The molecule has 2 amide bonds. The highest BCUT2D eigenvalue weighted by atomic mass is 32.1. The average molecular weight is 579 g/mol. The van der Waals surface area contributed by atoms with Crippen LogP contribution in [0.1, 0.15) is 58.9 Å². The number of nitrogens with zero attached hydrogens (tertiary/aromatic N) is 5. The van der Waals surface area contributed by atoms with Gasteiger partial charge in [0.2, 0.25) is 17.7 Å². The highest BCUT2D eigenvalue weighted by Crippen LogP contribution is 2.43. The van der Waals surface area contributed by atoms with Gasteiger partial charge in [0.05, 0.1) is 5.56 Å². The zero-order valence-electron chi connectivity index (χ0n) is 21.7. The van der Waals surface area contributed by atoms with Gasteiger partial charge in [-0.25, -0.2) is 9.07 Å². The second-order valence-electron chi connectivity index (χ2n) is 10.6. The number of hydrogen-bond donors (Lipinski definition) is 3. The number of amides is 2. The van der Waals surface area contributed by atoms with Crippen LogP contribution >= 0.6 is 11.3 Å². The van der Waals surface area contributed by atoms with Crippen molar-refractivity contribution in [2.45, 2.75) is 63.8 Å². The van der Waals surface area contributed by atoms with E-state index in [1.54, 1.807) is 13.4 Å². The number of rotatable bonds is 10. The molecular formula is C25H29F3N8O3S. The molecule has 11 nitrogen and oxygen atoms in total. The maximum atomic E-state index is 13.4. The number of fused-ring (bicyclic) bond motifs is 1. The van der Waals surface area contributed by atoms with Gasteiger partial charge in [0.25, 0.3) is 5.91 Å². The maximum Gasteiger partial charge on any atom is 0.388 e. The number of aryl methyl sites for hydroxylation is 2. The number of hydrogen-bond acceptors (Lipinski definition) is 8. The van der Waals surface area contributed by atoms with E-state index in [4.69, 9.17) is 0 Å². The second kappa shape index (κ2) is 10.7. The largest absolute Gasteiger partial charge is 0.415 e. The number of halogens is 3. The number of alkyl halides is 3. The van der Waals surface area contributed by atoms with E-state index in [2.05, 4.69) is 36.0 Å². The van der Waals surface area contributed by atoms with Crippen LogP contribution in [0.5, 0.6) is 5.88 Å². The molecule has 3 aliphatic rings. The monoisotopic (exact) mass is 578 g/mol. The molecule has 0 bridgehead atoms. The van der Waals surface area contributed by atoms with Gasteiger partial charge in [-0.3, -0.25) is 14.2 Å². The molecule has 3 aromatic heterocycles. The number of thiophene rings is 1. The molecule has 3 N–H and O–H groups in total. The zero-order valence-corrected chi connectivity index (χ0v) is 22.5. The van der Waals surface area contributed by atoms with Crippen LogP contribution in [0.4, 0.5) is 29.9 Å². The molecule has 1 unspecified atom stereocenters. The summed E-state index contributed by atoms with van der Waals surface area (Å²) in [6.45, 7) is -2.40. The third kappa shape index (κ3) is 5.51. The lowest BCUT2D eigenvalue weighted by molar-refractivity contribution is -0.124. The summed E-state index contributed by atoms with van der Waals surface area (Å²) >= 11 is 1.41. The summed E-state index contributed by atoms with van der Waals surface area (Å²) in [7, 11) is 1.58. The average Bonchev–Trinajstić information content (AvgIpc) is 3.33. The molecule has 3 aliphatic carbocycles. The van der Waals surface area contributed by atoms with Crippen LogP contribution in [0.15, 0.2) is 12.4 Å². The summed E-state index contributed by atoms with van der Waals surface area (Å²) in [5, 5.41) is 21.7. The van der Waals surface area contributed by atoms with Crippen LogP contribution < -0.4 is 20.7 Å². The third-order valence-electron chi connectivity index (χ3n) is 7.67. The molecule has 0 spiro atoms. The van der Waals surface area contributed by atoms with Crippen LogP contribution in [0.25, 0.3) is 0 Å². The summed E-state index contributed by atoms with van der Waals surface area (Å²) in [6.07, 6.45) is 5.14. The summed E-state index contributed by atoms with van der Waals surface area (Å²) in [6, 6.07) is 1.23. The number of aromatic nitrogens is 5. The molecule has 0 radical (unpaired) electrons. The SMILES string of the molecule is Cn1nc(OC(F)F)cc1Nc1nncn1C1CCc2sc(NC(=O)C3CC(F)C3)c(C(=O)NCC3CC3)c2C1. The quantitative estimate of drug-likeness (QED) is 0.332. The molecule has 1 atom stereocenters. The number of nitrogens with one attached hydrogen (secondary N) is 3. The Morgan fingerprint density at radius 3 is 2.77 bits per heavy atom. The number of anilines is 3. The fraction of sp³-hybridized carbons (Fsp3) is 0.560.